The number of hydrogen-bond acceptors (Lipinski definition) is 3. The predicted molar refractivity (Wildman–Crippen MR) is 63.9 cm³/mol. The molecule has 0 spiro atoms. The number of aliphatic hydroxyl groups excluding tert-OH is 1. The number of rotatable bonds is 4. The normalized spacial score (nSPS) is 22.2. The molecule has 0 radical (unpaired) electrons. The molecular formula is C12H24N2O2. The SMILES string of the molecule is CC(O)C(N)CNC(=O)C1CCCCCC1. The van der Waals surface area contributed by atoms with Gasteiger partial charge in [0, 0.05) is 18.5 Å². The van der Waals surface area contributed by atoms with Crippen LogP contribution in [0.1, 0.15) is 45.4 Å². The lowest BCUT2D eigenvalue weighted by molar-refractivity contribution is -0.125. The fraction of sp³-hybridized carbons (Fsp3) is 0.917. The lowest BCUT2D eigenvalue weighted by Crippen LogP contribution is -2.45. The van der Waals surface area contributed by atoms with Gasteiger partial charge in [0.05, 0.1) is 6.10 Å². The second-order valence-electron chi connectivity index (χ2n) is 4.84. The average Bonchev–Trinajstić information content (AvgIpc) is 2.53. The third-order valence-electron chi connectivity index (χ3n) is 3.36. The fourth-order valence-corrected chi connectivity index (χ4v) is 2.07. The molecule has 1 saturated carbocycles. The van der Waals surface area contributed by atoms with E-state index in [1.807, 2.05) is 0 Å². The summed E-state index contributed by atoms with van der Waals surface area (Å²) in [7, 11) is 0. The maximum atomic E-state index is 11.8. The van der Waals surface area contributed by atoms with Crippen molar-refractivity contribution in [3.63, 3.8) is 0 Å². The standard InChI is InChI=1S/C12H24N2O2/c1-9(15)11(13)8-14-12(16)10-6-4-2-3-5-7-10/h9-11,15H,2-8,13H2,1H3,(H,14,16). The topological polar surface area (TPSA) is 75.3 Å². The van der Waals surface area contributed by atoms with Crippen LogP contribution in [0.4, 0.5) is 0 Å². The maximum Gasteiger partial charge on any atom is 0.223 e. The summed E-state index contributed by atoms with van der Waals surface area (Å²) < 4.78 is 0. The van der Waals surface area contributed by atoms with Crippen LogP contribution in [0, 0.1) is 5.92 Å². The van der Waals surface area contributed by atoms with Crippen molar-refractivity contribution < 1.29 is 9.90 Å². The maximum absolute atomic E-state index is 11.8. The summed E-state index contributed by atoms with van der Waals surface area (Å²) in [4.78, 5) is 11.8. The zero-order chi connectivity index (χ0) is 12.0. The molecule has 94 valence electrons. The van der Waals surface area contributed by atoms with Gasteiger partial charge in [-0.15, -0.1) is 0 Å². The molecule has 0 saturated heterocycles. The average molecular weight is 228 g/mol. The van der Waals surface area contributed by atoms with Gasteiger partial charge in [0.1, 0.15) is 0 Å². The van der Waals surface area contributed by atoms with Crippen LogP contribution >= 0.6 is 0 Å². The zero-order valence-electron chi connectivity index (χ0n) is 10.1. The van der Waals surface area contributed by atoms with E-state index in [0.29, 0.717) is 6.54 Å². The molecule has 1 amide bonds. The first-order chi connectivity index (χ1) is 7.61. The van der Waals surface area contributed by atoms with Gasteiger partial charge < -0.3 is 16.2 Å². The molecule has 0 aromatic carbocycles. The Labute approximate surface area is 97.6 Å². The molecule has 0 heterocycles. The van der Waals surface area contributed by atoms with E-state index in [9.17, 15) is 9.90 Å². The number of carbonyl (C=O) groups excluding carboxylic acids is 1. The summed E-state index contributed by atoms with van der Waals surface area (Å²) in [6.45, 7) is 2.01. The largest absolute Gasteiger partial charge is 0.392 e. The van der Waals surface area contributed by atoms with E-state index >= 15 is 0 Å². The Hall–Kier alpha value is -0.610. The molecule has 0 aromatic rings. The van der Waals surface area contributed by atoms with Crippen LogP contribution in [-0.2, 0) is 4.79 Å². The van der Waals surface area contributed by atoms with E-state index in [1.54, 1.807) is 6.92 Å². The lowest BCUT2D eigenvalue weighted by atomic mass is 9.99. The predicted octanol–water partition coefficient (Wildman–Crippen LogP) is 0.781. The Morgan fingerprint density at radius 1 is 1.38 bits per heavy atom. The van der Waals surface area contributed by atoms with Crippen molar-refractivity contribution >= 4 is 5.91 Å². The van der Waals surface area contributed by atoms with E-state index in [2.05, 4.69) is 5.32 Å². The Balaban J connectivity index is 2.27. The molecular weight excluding hydrogens is 204 g/mol. The van der Waals surface area contributed by atoms with Crippen LogP contribution in [0.2, 0.25) is 0 Å². The monoisotopic (exact) mass is 228 g/mol. The number of aliphatic hydroxyl groups is 1. The summed E-state index contributed by atoms with van der Waals surface area (Å²) in [5.74, 6) is 0.265. The minimum absolute atomic E-state index is 0.109. The van der Waals surface area contributed by atoms with E-state index in [1.165, 1.54) is 12.8 Å². The van der Waals surface area contributed by atoms with Gasteiger partial charge in [-0.25, -0.2) is 0 Å². The molecule has 2 atom stereocenters. The summed E-state index contributed by atoms with van der Waals surface area (Å²) in [5.41, 5.74) is 5.66. The third-order valence-corrected chi connectivity index (χ3v) is 3.36. The van der Waals surface area contributed by atoms with Gasteiger partial charge in [-0.3, -0.25) is 4.79 Å². The number of hydrogen-bond donors (Lipinski definition) is 3. The van der Waals surface area contributed by atoms with E-state index in [0.717, 1.165) is 25.7 Å². The number of nitrogens with two attached hydrogens (primary N) is 1. The summed E-state index contributed by atoms with van der Waals surface area (Å²) in [6.07, 6.45) is 6.22. The van der Waals surface area contributed by atoms with Crippen molar-refractivity contribution in [3.8, 4) is 0 Å². The molecule has 0 aliphatic heterocycles. The van der Waals surface area contributed by atoms with Crippen molar-refractivity contribution in [2.45, 2.75) is 57.6 Å². The van der Waals surface area contributed by atoms with Crippen molar-refractivity contribution in [3.05, 3.63) is 0 Å². The second kappa shape index (κ2) is 6.86. The molecule has 4 nitrogen and oxygen atoms in total. The Kier molecular flexibility index (Phi) is 5.77. The van der Waals surface area contributed by atoms with Crippen molar-refractivity contribution in [1.29, 1.82) is 0 Å². The summed E-state index contributed by atoms with van der Waals surface area (Å²) in [5, 5.41) is 12.1. The number of amides is 1. The highest BCUT2D eigenvalue weighted by Crippen LogP contribution is 2.22. The molecule has 4 N–H and O–H groups in total. The quantitative estimate of drug-likeness (QED) is 0.622. The van der Waals surface area contributed by atoms with Crippen LogP contribution in [0.5, 0.6) is 0 Å². The molecule has 0 aromatic heterocycles. The van der Waals surface area contributed by atoms with Crippen molar-refractivity contribution in [2.75, 3.05) is 6.54 Å². The molecule has 1 aliphatic rings. The first-order valence-electron chi connectivity index (χ1n) is 6.32. The van der Waals surface area contributed by atoms with Gasteiger partial charge in [0.2, 0.25) is 5.91 Å². The van der Waals surface area contributed by atoms with E-state index in [-0.39, 0.29) is 17.9 Å². The van der Waals surface area contributed by atoms with Crippen LogP contribution in [-0.4, -0.2) is 29.7 Å². The van der Waals surface area contributed by atoms with Crippen LogP contribution in [0.3, 0.4) is 0 Å². The van der Waals surface area contributed by atoms with Gasteiger partial charge in [0.25, 0.3) is 0 Å². The van der Waals surface area contributed by atoms with Gasteiger partial charge in [0.15, 0.2) is 0 Å². The van der Waals surface area contributed by atoms with Gasteiger partial charge >= 0.3 is 0 Å². The van der Waals surface area contributed by atoms with Crippen LogP contribution in [0.15, 0.2) is 0 Å². The molecule has 1 fully saturated rings. The Morgan fingerprint density at radius 3 is 2.44 bits per heavy atom. The number of carbonyl (C=O) groups is 1. The van der Waals surface area contributed by atoms with E-state index in [4.69, 9.17) is 5.73 Å². The Morgan fingerprint density at radius 2 is 1.94 bits per heavy atom. The van der Waals surface area contributed by atoms with Gasteiger partial charge in [-0.05, 0) is 19.8 Å². The molecule has 0 bridgehead atoms. The molecule has 1 rings (SSSR count). The Bertz CT molecular complexity index is 211. The second-order valence-corrected chi connectivity index (χ2v) is 4.84. The van der Waals surface area contributed by atoms with Gasteiger partial charge in [-0.2, -0.15) is 0 Å². The minimum atomic E-state index is -0.575. The lowest BCUT2D eigenvalue weighted by Gasteiger charge is -2.18. The van der Waals surface area contributed by atoms with Crippen LogP contribution in [0.25, 0.3) is 0 Å². The van der Waals surface area contributed by atoms with Crippen LogP contribution < -0.4 is 11.1 Å². The molecule has 2 unspecified atom stereocenters. The zero-order valence-corrected chi connectivity index (χ0v) is 10.1. The minimum Gasteiger partial charge on any atom is -0.392 e. The third kappa shape index (κ3) is 4.49. The number of nitrogens with one attached hydrogen (secondary N) is 1. The van der Waals surface area contributed by atoms with E-state index < -0.39 is 6.10 Å². The highest BCUT2D eigenvalue weighted by Gasteiger charge is 2.20. The highest BCUT2D eigenvalue weighted by atomic mass is 16.3. The fourth-order valence-electron chi connectivity index (χ4n) is 2.07. The van der Waals surface area contributed by atoms with Crippen molar-refractivity contribution in [2.24, 2.45) is 11.7 Å². The smallest absolute Gasteiger partial charge is 0.223 e. The first kappa shape index (κ1) is 13.5. The molecule has 16 heavy (non-hydrogen) atoms. The summed E-state index contributed by atoms with van der Waals surface area (Å²) in [6, 6.07) is -0.366. The first-order valence-corrected chi connectivity index (χ1v) is 6.32. The molecule has 4 heteroatoms. The summed E-state index contributed by atoms with van der Waals surface area (Å²) >= 11 is 0. The molecule has 1 aliphatic carbocycles. The highest BCUT2D eigenvalue weighted by molar-refractivity contribution is 5.78. The van der Waals surface area contributed by atoms with Gasteiger partial charge in [-0.1, -0.05) is 25.7 Å². The van der Waals surface area contributed by atoms with Crippen molar-refractivity contribution in [1.82, 2.24) is 5.32 Å².